The van der Waals surface area contributed by atoms with E-state index >= 15 is 0 Å². The topological polar surface area (TPSA) is 64.7 Å². The minimum Gasteiger partial charge on any atom is -0.330 e. The van der Waals surface area contributed by atoms with Crippen molar-refractivity contribution < 1.29 is 0 Å². The second-order valence-electron chi connectivity index (χ2n) is 2.77. The predicted octanol–water partition coefficient (Wildman–Crippen LogP) is 1.55. The van der Waals surface area contributed by atoms with Gasteiger partial charge in [-0.2, -0.15) is 0 Å². The van der Waals surface area contributed by atoms with Crippen LogP contribution in [0.2, 0.25) is 0 Å². The molecule has 6 heteroatoms. The van der Waals surface area contributed by atoms with Crippen LogP contribution >= 0.6 is 22.7 Å². The van der Waals surface area contributed by atoms with Crippen LogP contribution in [0.1, 0.15) is 11.4 Å². The first-order valence-corrected chi connectivity index (χ1v) is 6.07. The van der Waals surface area contributed by atoms with E-state index in [0.717, 1.165) is 28.6 Å². The molecule has 0 atom stereocenters. The summed E-state index contributed by atoms with van der Waals surface area (Å²) in [5.41, 5.74) is 8.15. The molecule has 0 aliphatic carbocycles. The summed E-state index contributed by atoms with van der Waals surface area (Å²) in [6.45, 7) is 0.700. The predicted molar refractivity (Wildman–Crippen MR) is 58.4 cm³/mol. The summed E-state index contributed by atoms with van der Waals surface area (Å²) >= 11 is 3.17. The first-order valence-electron chi connectivity index (χ1n) is 4.31. The van der Waals surface area contributed by atoms with E-state index in [4.69, 9.17) is 5.73 Å². The third kappa shape index (κ3) is 2.14. The second-order valence-corrected chi connectivity index (χ2v) is 4.55. The van der Waals surface area contributed by atoms with Gasteiger partial charge in [0, 0.05) is 11.8 Å². The van der Waals surface area contributed by atoms with Gasteiger partial charge >= 0.3 is 0 Å². The van der Waals surface area contributed by atoms with Crippen molar-refractivity contribution in [2.45, 2.75) is 12.8 Å². The van der Waals surface area contributed by atoms with Crippen molar-refractivity contribution in [1.82, 2.24) is 15.2 Å². The van der Waals surface area contributed by atoms with Crippen molar-refractivity contribution in [3.63, 3.8) is 0 Å². The SMILES string of the molecule is NCCCc1nnc(-c2cscn2)s1. The molecule has 14 heavy (non-hydrogen) atoms. The molecule has 74 valence electrons. The van der Waals surface area contributed by atoms with E-state index in [9.17, 15) is 0 Å². The molecule has 0 saturated carbocycles. The van der Waals surface area contributed by atoms with Crippen LogP contribution in [0.4, 0.5) is 0 Å². The van der Waals surface area contributed by atoms with Crippen molar-refractivity contribution in [3.05, 3.63) is 15.9 Å². The molecule has 0 aliphatic heterocycles. The van der Waals surface area contributed by atoms with Crippen LogP contribution < -0.4 is 5.73 Å². The van der Waals surface area contributed by atoms with Gasteiger partial charge in [-0.15, -0.1) is 21.5 Å². The lowest BCUT2D eigenvalue weighted by Gasteiger charge is -1.89. The number of thiazole rings is 1. The summed E-state index contributed by atoms with van der Waals surface area (Å²) in [7, 11) is 0. The minimum atomic E-state index is 0.700. The fraction of sp³-hybridized carbons (Fsp3) is 0.375. The quantitative estimate of drug-likeness (QED) is 0.859. The van der Waals surface area contributed by atoms with E-state index in [1.807, 2.05) is 5.38 Å². The summed E-state index contributed by atoms with van der Waals surface area (Å²) in [6.07, 6.45) is 1.88. The summed E-state index contributed by atoms with van der Waals surface area (Å²) in [4.78, 5) is 4.18. The van der Waals surface area contributed by atoms with E-state index in [1.165, 1.54) is 0 Å². The Morgan fingerprint density at radius 1 is 1.36 bits per heavy atom. The van der Waals surface area contributed by atoms with Crippen molar-refractivity contribution in [2.75, 3.05) is 6.54 Å². The van der Waals surface area contributed by atoms with Gasteiger partial charge in [0.2, 0.25) is 0 Å². The molecule has 2 aromatic heterocycles. The lowest BCUT2D eigenvalue weighted by molar-refractivity contribution is 0.812. The number of aryl methyl sites for hydroxylation is 1. The standard InChI is InChI=1S/C8H10N4S2/c9-3-1-2-7-11-12-8(14-7)6-4-13-5-10-6/h4-5H,1-3,9H2. The largest absolute Gasteiger partial charge is 0.330 e. The number of rotatable bonds is 4. The van der Waals surface area contributed by atoms with Crippen LogP contribution in [0, 0.1) is 0 Å². The maximum absolute atomic E-state index is 5.42. The van der Waals surface area contributed by atoms with Crippen LogP contribution in [0.25, 0.3) is 10.7 Å². The zero-order chi connectivity index (χ0) is 9.80. The van der Waals surface area contributed by atoms with Crippen LogP contribution in [-0.4, -0.2) is 21.7 Å². The van der Waals surface area contributed by atoms with Gasteiger partial charge in [0.1, 0.15) is 10.7 Å². The first kappa shape index (κ1) is 9.70. The van der Waals surface area contributed by atoms with Gasteiger partial charge in [-0.1, -0.05) is 11.3 Å². The molecule has 0 fully saturated rings. The van der Waals surface area contributed by atoms with Crippen molar-refractivity contribution in [1.29, 1.82) is 0 Å². The summed E-state index contributed by atoms with van der Waals surface area (Å²) in [5.74, 6) is 0. The lowest BCUT2D eigenvalue weighted by Crippen LogP contribution is -1.99. The molecule has 2 rings (SSSR count). The molecule has 0 spiro atoms. The Morgan fingerprint density at radius 2 is 2.29 bits per heavy atom. The van der Waals surface area contributed by atoms with Gasteiger partial charge in [0.25, 0.3) is 0 Å². The van der Waals surface area contributed by atoms with Gasteiger partial charge in [0.15, 0.2) is 5.01 Å². The molecule has 0 amide bonds. The first-order chi connectivity index (χ1) is 6.90. The fourth-order valence-corrected chi connectivity index (χ4v) is 2.49. The highest BCUT2D eigenvalue weighted by molar-refractivity contribution is 7.15. The van der Waals surface area contributed by atoms with E-state index in [-0.39, 0.29) is 0 Å². The van der Waals surface area contributed by atoms with Crippen molar-refractivity contribution in [3.8, 4) is 10.7 Å². The average Bonchev–Trinajstić information content (AvgIpc) is 2.85. The van der Waals surface area contributed by atoms with Crippen molar-refractivity contribution >= 4 is 22.7 Å². The molecule has 0 bridgehead atoms. The summed E-state index contributed by atoms with van der Waals surface area (Å²) < 4.78 is 0. The molecule has 0 aliphatic rings. The van der Waals surface area contributed by atoms with Gasteiger partial charge in [-0.25, -0.2) is 4.98 Å². The fourth-order valence-electron chi connectivity index (χ4n) is 1.03. The van der Waals surface area contributed by atoms with Gasteiger partial charge in [-0.05, 0) is 13.0 Å². The Kier molecular flexibility index (Phi) is 3.18. The normalized spacial score (nSPS) is 10.6. The minimum absolute atomic E-state index is 0.700. The zero-order valence-electron chi connectivity index (χ0n) is 7.51. The molecule has 0 unspecified atom stereocenters. The van der Waals surface area contributed by atoms with Crippen LogP contribution in [-0.2, 0) is 6.42 Å². The Balaban J connectivity index is 2.10. The molecule has 0 saturated heterocycles. The molecule has 2 N–H and O–H groups in total. The average molecular weight is 226 g/mol. The summed E-state index contributed by atoms with van der Waals surface area (Å²) in [6, 6.07) is 0. The lowest BCUT2D eigenvalue weighted by atomic mass is 10.3. The molecular weight excluding hydrogens is 216 g/mol. The van der Waals surface area contributed by atoms with Crippen molar-refractivity contribution in [2.24, 2.45) is 5.73 Å². The Labute approximate surface area is 89.8 Å². The number of hydrogen-bond donors (Lipinski definition) is 1. The molecular formula is C8H10N4S2. The van der Waals surface area contributed by atoms with Gasteiger partial charge in [0.05, 0.1) is 5.51 Å². The molecule has 0 radical (unpaired) electrons. The number of aromatic nitrogens is 3. The Bertz CT molecular complexity index is 382. The smallest absolute Gasteiger partial charge is 0.167 e. The zero-order valence-corrected chi connectivity index (χ0v) is 9.14. The van der Waals surface area contributed by atoms with E-state index in [2.05, 4.69) is 15.2 Å². The Hall–Kier alpha value is -0.850. The van der Waals surface area contributed by atoms with Crippen LogP contribution in [0.3, 0.4) is 0 Å². The monoisotopic (exact) mass is 226 g/mol. The molecule has 2 aromatic rings. The summed E-state index contributed by atoms with van der Waals surface area (Å²) in [5, 5.41) is 12.1. The number of nitrogens with two attached hydrogens (primary N) is 1. The maximum Gasteiger partial charge on any atom is 0.167 e. The maximum atomic E-state index is 5.42. The number of nitrogens with zero attached hydrogens (tertiary/aromatic N) is 3. The highest BCUT2D eigenvalue weighted by Gasteiger charge is 2.07. The highest BCUT2D eigenvalue weighted by Crippen LogP contribution is 2.23. The van der Waals surface area contributed by atoms with Gasteiger partial charge < -0.3 is 5.73 Å². The number of hydrogen-bond acceptors (Lipinski definition) is 6. The molecule has 2 heterocycles. The third-order valence-corrected chi connectivity index (χ3v) is 3.31. The second kappa shape index (κ2) is 4.59. The van der Waals surface area contributed by atoms with Gasteiger partial charge in [-0.3, -0.25) is 0 Å². The molecule has 0 aromatic carbocycles. The van der Waals surface area contributed by atoms with E-state index in [1.54, 1.807) is 28.2 Å². The van der Waals surface area contributed by atoms with Crippen LogP contribution in [0.5, 0.6) is 0 Å². The Morgan fingerprint density at radius 3 is 3.00 bits per heavy atom. The molecule has 4 nitrogen and oxygen atoms in total. The highest BCUT2D eigenvalue weighted by atomic mass is 32.1. The van der Waals surface area contributed by atoms with Crippen LogP contribution in [0.15, 0.2) is 10.9 Å². The van der Waals surface area contributed by atoms with E-state index in [0.29, 0.717) is 6.54 Å². The third-order valence-electron chi connectivity index (χ3n) is 1.71. The van der Waals surface area contributed by atoms with E-state index < -0.39 is 0 Å².